The molecule has 1 aromatic carbocycles. The number of fused-ring (bicyclic) bond motifs is 1. The third kappa shape index (κ3) is 2.22. The number of nitrogens with two attached hydrogens (primary N) is 1. The smallest absolute Gasteiger partial charge is 0.201 e. The van der Waals surface area contributed by atoms with E-state index in [9.17, 15) is 0 Å². The first kappa shape index (κ1) is 12.5. The Kier molecular flexibility index (Phi) is 3.21. The Morgan fingerprint density at radius 2 is 2.11 bits per heavy atom. The van der Waals surface area contributed by atoms with Crippen molar-refractivity contribution in [1.29, 1.82) is 0 Å². The van der Waals surface area contributed by atoms with E-state index in [1.165, 1.54) is 36.8 Å². The number of benzene rings is 1. The van der Waals surface area contributed by atoms with Gasteiger partial charge in [-0.25, -0.2) is 4.98 Å². The van der Waals surface area contributed by atoms with Crippen molar-refractivity contribution in [3.05, 3.63) is 23.8 Å². The Labute approximate surface area is 114 Å². The van der Waals surface area contributed by atoms with Crippen molar-refractivity contribution in [3.63, 3.8) is 0 Å². The molecule has 1 aliphatic rings. The second kappa shape index (κ2) is 4.87. The third-order valence-electron chi connectivity index (χ3n) is 4.72. The van der Waals surface area contributed by atoms with Gasteiger partial charge >= 0.3 is 0 Å². The van der Waals surface area contributed by atoms with Gasteiger partial charge in [-0.05, 0) is 36.8 Å². The molecule has 2 atom stereocenters. The van der Waals surface area contributed by atoms with E-state index in [1.807, 2.05) is 0 Å². The molecule has 1 saturated carbocycles. The quantitative estimate of drug-likeness (QED) is 0.890. The fourth-order valence-corrected chi connectivity index (χ4v) is 3.40. The van der Waals surface area contributed by atoms with Gasteiger partial charge in [-0.1, -0.05) is 38.3 Å². The van der Waals surface area contributed by atoms with E-state index in [-0.39, 0.29) is 0 Å². The van der Waals surface area contributed by atoms with Gasteiger partial charge in [0.2, 0.25) is 5.95 Å². The van der Waals surface area contributed by atoms with Crippen LogP contribution in [0.25, 0.3) is 11.0 Å². The SMILES string of the molecule is Cc1cccc2c1nc(N)n2CC1CCCCC1C. The van der Waals surface area contributed by atoms with Gasteiger partial charge < -0.3 is 10.3 Å². The van der Waals surface area contributed by atoms with E-state index in [1.54, 1.807) is 0 Å². The van der Waals surface area contributed by atoms with Crippen molar-refractivity contribution in [2.75, 3.05) is 5.73 Å². The summed E-state index contributed by atoms with van der Waals surface area (Å²) < 4.78 is 2.22. The van der Waals surface area contributed by atoms with Gasteiger partial charge in [-0.15, -0.1) is 0 Å². The number of nitrogen functional groups attached to an aromatic ring is 1. The maximum atomic E-state index is 6.14. The van der Waals surface area contributed by atoms with Gasteiger partial charge in [0.15, 0.2) is 0 Å². The molecular weight excluding hydrogens is 234 g/mol. The van der Waals surface area contributed by atoms with Crippen LogP contribution >= 0.6 is 0 Å². The van der Waals surface area contributed by atoms with Crippen molar-refractivity contribution < 1.29 is 0 Å². The van der Waals surface area contributed by atoms with E-state index in [4.69, 9.17) is 5.73 Å². The molecule has 3 nitrogen and oxygen atoms in total. The molecule has 1 aromatic heterocycles. The zero-order valence-electron chi connectivity index (χ0n) is 11.9. The fourth-order valence-electron chi connectivity index (χ4n) is 3.40. The normalized spacial score (nSPS) is 23.9. The fraction of sp³-hybridized carbons (Fsp3) is 0.562. The topological polar surface area (TPSA) is 43.8 Å². The summed E-state index contributed by atoms with van der Waals surface area (Å²) in [6.45, 7) is 5.50. The number of para-hydroxylation sites is 1. The van der Waals surface area contributed by atoms with Crippen LogP contribution in [0, 0.1) is 18.8 Å². The Balaban J connectivity index is 1.96. The molecule has 1 heterocycles. The highest BCUT2D eigenvalue weighted by Gasteiger charge is 2.23. The highest BCUT2D eigenvalue weighted by molar-refractivity contribution is 5.81. The monoisotopic (exact) mass is 257 g/mol. The summed E-state index contributed by atoms with van der Waals surface area (Å²) in [5.74, 6) is 2.21. The van der Waals surface area contributed by atoms with E-state index < -0.39 is 0 Å². The summed E-state index contributed by atoms with van der Waals surface area (Å²) in [5.41, 5.74) is 9.59. The van der Waals surface area contributed by atoms with E-state index in [0.717, 1.165) is 23.9 Å². The summed E-state index contributed by atoms with van der Waals surface area (Å²) >= 11 is 0. The number of imidazole rings is 1. The summed E-state index contributed by atoms with van der Waals surface area (Å²) in [6.07, 6.45) is 5.43. The maximum Gasteiger partial charge on any atom is 0.201 e. The summed E-state index contributed by atoms with van der Waals surface area (Å²) in [6, 6.07) is 6.33. The molecule has 1 aliphatic carbocycles. The summed E-state index contributed by atoms with van der Waals surface area (Å²) in [7, 11) is 0. The zero-order valence-corrected chi connectivity index (χ0v) is 11.9. The van der Waals surface area contributed by atoms with Crippen LogP contribution in [0.3, 0.4) is 0 Å². The number of aryl methyl sites for hydroxylation is 1. The predicted molar refractivity (Wildman–Crippen MR) is 80.0 cm³/mol. The summed E-state index contributed by atoms with van der Waals surface area (Å²) in [5, 5.41) is 0. The van der Waals surface area contributed by atoms with Crippen LogP contribution < -0.4 is 5.73 Å². The molecule has 3 rings (SSSR count). The predicted octanol–water partition coefficient (Wildman–Crippen LogP) is 3.75. The van der Waals surface area contributed by atoms with Crippen LogP contribution in [0.15, 0.2) is 18.2 Å². The lowest BCUT2D eigenvalue weighted by molar-refractivity contribution is 0.231. The van der Waals surface area contributed by atoms with Crippen LogP contribution in [-0.2, 0) is 6.54 Å². The first-order valence-electron chi connectivity index (χ1n) is 7.38. The molecule has 1 fully saturated rings. The number of rotatable bonds is 2. The number of anilines is 1. The number of nitrogens with zero attached hydrogens (tertiary/aromatic N) is 2. The van der Waals surface area contributed by atoms with E-state index >= 15 is 0 Å². The van der Waals surface area contributed by atoms with Crippen molar-refractivity contribution >= 4 is 17.0 Å². The van der Waals surface area contributed by atoms with Gasteiger partial charge in [0.05, 0.1) is 11.0 Å². The number of aromatic nitrogens is 2. The molecule has 0 saturated heterocycles. The van der Waals surface area contributed by atoms with E-state index in [0.29, 0.717) is 5.95 Å². The molecule has 0 spiro atoms. The molecule has 2 aromatic rings. The van der Waals surface area contributed by atoms with Crippen LogP contribution in [0.2, 0.25) is 0 Å². The first-order valence-corrected chi connectivity index (χ1v) is 7.38. The molecule has 102 valence electrons. The summed E-state index contributed by atoms with van der Waals surface area (Å²) in [4.78, 5) is 4.54. The van der Waals surface area contributed by atoms with Gasteiger partial charge in [0.25, 0.3) is 0 Å². The lowest BCUT2D eigenvalue weighted by atomic mass is 9.80. The van der Waals surface area contributed by atoms with Gasteiger partial charge in [-0.3, -0.25) is 0 Å². The Morgan fingerprint density at radius 3 is 2.89 bits per heavy atom. The minimum absolute atomic E-state index is 0.669. The standard InChI is InChI=1S/C16H23N3/c1-11-6-3-4-8-13(11)10-19-14-9-5-7-12(2)15(14)18-16(19)17/h5,7,9,11,13H,3-4,6,8,10H2,1-2H3,(H2,17,18). The largest absolute Gasteiger partial charge is 0.369 e. The third-order valence-corrected chi connectivity index (χ3v) is 4.72. The molecule has 0 aliphatic heterocycles. The molecule has 19 heavy (non-hydrogen) atoms. The Morgan fingerprint density at radius 1 is 1.32 bits per heavy atom. The van der Waals surface area contributed by atoms with Crippen molar-refractivity contribution in [2.45, 2.75) is 46.1 Å². The van der Waals surface area contributed by atoms with Gasteiger partial charge in [0, 0.05) is 6.54 Å². The van der Waals surface area contributed by atoms with E-state index in [2.05, 4.69) is 41.6 Å². The highest BCUT2D eigenvalue weighted by atomic mass is 15.2. The van der Waals surface area contributed by atoms with Crippen LogP contribution in [0.1, 0.15) is 38.2 Å². The lowest BCUT2D eigenvalue weighted by Gasteiger charge is -2.29. The van der Waals surface area contributed by atoms with Gasteiger partial charge in [0.1, 0.15) is 0 Å². The molecule has 0 radical (unpaired) electrons. The minimum Gasteiger partial charge on any atom is -0.369 e. The number of hydrogen-bond donors (Lipinski definition) is 1. The molecule has 2 unspecified atom stereocenters. The second-order valence-electron chi connectivity index (χ2n) is 6.05. The Bertz CT molecular complexity index is 585. The Hall–Kier alpha value is -1.51. The first-order chi connectivity index (χ1) is 9.16. The van der Waals surface area contributed by atoms with Gasteiger partial charge in [-0.2, -0.15) is 0 Å². The van der Waals surface area contributed by atoms with Crippen molar-refractivity contribution in [3.8, 4) is 0 Å². The van der Waals surface area contributed by atoms with Crippen LogP contribution in [0.4, 0.5) is 5.95 Å². The van der Waals surface area contributed by atoms with Crippen LogP contribution in [-0.4, -0.2) is 9.55 Å². The molecule has 0 bridgehead atoms. The molecule has 3 heteroatoms. The second-order valence-corrected chi connectivity index (χ2v) is 6.05. The minimum atomic E-state index is 0.669. The number of hydrogen-bond acceptors (Lipinski definition) is 2. The van der Waals surface area contributed by atoms with Crippen molar-refractivity contribution in [2.24, 2.45) is 11.8 Å². The molecule has 2 N–H and O–H groups in total. The average Bonchev–Trinajstić information content (AvgIpc) is 2.71. The van der Waals surface area contributed by atoms with Crippen LogP contribution in [0.5, 0.6) is 0 Å². The van der Waals surface area contributed by atoms with Crippen molar-refractivity contribution in [1.82, 2.24) is 9.55 Å². The molecule has 0 amide bonds. The maximum absolute atomic E-state index is 6.14. The zero-order chi connectivity index (χ0) is 13.4. The average molecular weight is 257 g/mol. The lowest BCUT2D eigenvalue weighted by Crippen LogP contribution is -2.22. The highest BCUT2D eigenvalue weighted by Crippen LogP contribution is 2.32. The molecular formula is C16H23N3.